The van der Waals surface area contributed by atoms with E-state index in [1.165, 1.54) is 0 Å². The zero-order valence-corrected chi connectivity index (χ0v) is 12.7. The molecule has 0 aliphatic carbocycles. The fourth-order valence-electron chi connectivity index (χ4n) is 1.39. The van der Waals surface area contributed by atoms with Crippen molar-refractivity contribution in [3.63, 3.8) is 0 Å². The average Bonchev–Trinajstić information content (AvgIpc) is 2.26. The van der Waals surface area contributed by atoms with Crippen LogP contribution in [0.5, 0.6) is 5.75 Å². The third-order valence-corrected chi connectivity index (χ3v) is 3.16. The standard InChI is InChI=1S/C13H19BrClNO/c1-11(15)6-7-16(2)8-9-17-13-5-3-4-12(14)10-13/h3-5,10-11H,6-9H2,1-2H3. The molecule has 17 heavy (non-hydrogen) atoms. The minimum atomic E-state index is 0.239. The van der Waals surface area contributed by atoms with Crippen LogP contribution in [-0.4, -0.2) is 37.0 Å². The minimum Gasteiger partial charge on any atom is -0.492 e. The molecular formula is C13H19BrClNO. The second-order valence-corrected chi connectivity index (χ2v) is 5.84. The second kappa shape index (κ2) is 7.96. The van der Waals surface area contributed by atoms with Crippen molar-refractivity contribution < 1.29 is 4.74 Å². The quantitative estimate of drug-likeness (QED) is 0.709. The van der Waals surface area contributed by atoms with Crippen LogP contribution in [0.15, 0.2) is 28.7 Å². The van der Waals surface area contributed by atoms with E-state index in [-0.39, 0.29) is 5.38 Å². The first-order chi connectivity index (χ1) is 8.08. The summed E-state index contributed by atoms with van der Waals surface area (Å²) in [7, 11) is 2.09. The van der Waals surface area contributed by atoms with Gasteiger partial charge in [-0.25, -0.2) is 0 Å². The number of halogens is 2. The Balaban J connectivity index is 2.19. The van der Waals surface area contributed by atoms with Gasteiger partial charge in [0.25, 0.3) is 0 Å². The van der Waals surface area contributed by atoms with Crippen LogP contribution < -0.4 is 4.74 Å². The summed E-state index contributed by atoms with van der Waals surface area (Å²) in [5.41, 5.74) is 0. The molecule has 1 atom stereocenters. The monoisotopic (exact) mass is 319 g/mol. The number of benzene rings is 1. The maximum Gasteiger partial charge on any atom is 0.120 e. The Hall–Kier alpha value is -0.250. The lowest BCUT2D eigenvalue weighted by molar-refractivity contribution is 0.236. The normalized spacial score (nSPS) is 12.8. The summed E-state index contributed by atoms with van der Waals surface area (Å²) in [4.78, 5) is 2.23. The third kappa shape index (κ3) is 6.92. The van der Waals surface area contributed by atoms with E-state index in [1.54, 1.807) is 0 Å². The Morgan fingerprint density at radius 2 is 2.18 bits per heavy atom. The highest BCUT2D eigenvalue weighted by Crippen LogP contribution is 2.17. The van der Waals surface area contributed by atoms with Crippen molar-refractivity contribution in [3.8, 4) is 5.75 Å². The molecule has 2 nitrogen and oxygen atoms in total. The van der Waals surface area contributed by atoms with Gasteiger partial charge in [0, 0.05) is 16.4 Å². The highest BCUT2D eigenvalue weighted by atomic mass is 79.9. The summed E-state index contributed by atoms with van der Waals surface area (Å²) in [5.74, 6) is 0.901. The van der Waals surface area contributed by atoms with Crippen LogP contribution in [0.2, 0.25) is 0 Å². The summed E-state index contributed by atoms with van der Waals surface area (Å²) >= 11 is 9.32. The van der Waals surface area contributed by atoms with E-state index in [9.17, 15) is 0 Å². The Bertz CT molecular complexity index is 333. The van der Waals surface area contributed by atoms with Crippen LogP contribution in [0, 0.1) is 0 Å². The van der Waals surface area contributed by atoms with Gasteiger partial charge in [0.15, 0.2) is 0 Å². The largest absolute Gasteiger partial charge is 0.492 e. The summed E-state index contributed by atoms with van der Waals surface area (Å²) in [6, 6.07) is 7.89. The summed E-state index contributed by atoms with van der Waals surface area (Å²) < 4.78 is 6.70. The molecule has 0 bridgehead atoms. The van der Waals surface area contributed by atoms with E-state index in [1.807, 2.05) is 31.2 Å². The fourth-order valence-corrected chi connectivity index (χ4v) is 1.86. The lowest BCUT2D eigenvalue weighted by Crippen LogP contribution is -2.26. The minimum absolute atomic E-state index is 0.239. The van der Waals surface area contributed by atoms with E-state index in [2.05, 4.69) is 27.9 Å². The van der Waals surface area contributed by atoms with Crippen LogP contribution in [-0.2, 0) is 0 Å². The molecule has 0 amide bonds. The maximum atomic E-state index is 5.91. The van der Waals surface area contributed by atoms with Crippen LogP contribution in [0.1, 0.15) is 13.3 Å². The number of alkyl halides is 1. The molecule has 0 N–H and O–H groups in total. The van der Waals surface area contributed by atoms with Gasteiger partial charge in [-0.15, -0.1) is 11.6 Å². The van der Waals surface area contributed by atoms with Crippen molar-refractivity contribution in [1.29, 1.82) is 0 Å². The predicted molar refractivity (Wildman–Crippen MR) is 77.1 cm³/mol. The van der Waals surface area contributed by atoms with E-state index in [0.29, 0.717) is 6.61 Å². The predicted octanol–water partition coefficient (Wildman–Crippen LogP) is 3.78. The molecule has 0 radical (unpaired) electrons. The molecule has 0 aromatic heterocycles. The van der Waals surface area contributed by atoms with E-state index < -0.39 is 0 Å². The zero-order chi connectivity index (χ0) is 12.7. The van der Waals surface area contributed by atoms with E-state index in [0.717, 1.165) is 29.7 Å². The maximum absolute atomic E-state index is 5.91. The molecule has 0 saturated heterocycles. The van der Waals surface area contributed by atoms with Crippen LogP contribution >= 0.6 is 27.5 Å². The van der Waals surface area contributed by atoms with Gasteiger partial charge in [0.1, 0.15) is 12.4 Å². The van der Waals surface area contributed by atoms with Crippen LogP contribution in [0.25, 0.3) is 0 Å². The van der Waals surface area contributed by atoms with Gasteiger partial charge in [-0.3, -0.25) is 0 Å². The third-order valence-electron chi connectivity index (χ3n) is 2.45. The van der Waals surface area contributed by atoms with Crippen molar-refractivity contribution in [3.05, 3.63) is 28.7 Å². The van der Waals surface area contributed by atoms with Crippen molar-refractivity contribution in [2.24, 2.45) is 0 Å². The molecule has 0 spiro atoms. The zero-order valence-electron chi connectivity index (χ0n) is 10.3. The summed E-state index contributed by atoms with van der Waals surface area (Å²) in [6.45, 7) is 4.64. The highest BCUT2D eigenvalue weighted by molar-refractivity contribution is 9.10. The molecule has 0 fully saturated rings. The average molecular weight is 321 g/mol. The number of hydrogen-bond acceptors (Lipinski definition) is 2. The topological polar surface area (TPSA) is 12.5 Å². The van der Waals surface area contributed by atoms with Crippen molar-refractivity contribution in [2.45, 2.75) is 18.7 Å². The first kappa shape index (κ1) is 14.8. The van der Waals surface area contributed by atoms with Gasteiger partial charge in [0.2, 0.25) is 0 Å². The lowest BCUT2D eigenvalue weighted by Gasteiger charge is -2.17. The van der Waals surface area contributed by atoms with Gasteiger partial charge < -0.3 is 9.64 Å². The second-order valence-electron chi connectivity index (χ2n) is 4.18. The van der Waals surface area contributed by atoms with Crippen molar-refractivity contribution in [1.82, 2.24) is 4.90 Å². The molecule has 0 saturated carbocycles. The first-order valence-electron chi connectivity index (χ1n) is 5.79. The molecule has 1 unspecified atom stereocenters. The molecule has 96 valence electrons. The van der Waals surface area contributed by atoms with E-state index >= 15 is 0 Å². The summed E-state index contributed by atoms with van der Waals surface area (Å²) in [6.07, 6.45) is 1.01. The number of nitrogens with zero attached hydrogens (tertiary/aromatic N) is 1. The van der Waals surface area contributed by atoms with Gasteiger partial charge in [0.05, 0.1) is 0 Å². The molecule has 0 heterocycles. The number of likely N-dealkylation sites (N-methyl/N-ethyl adjacent to an activating group) is 1. The molecule has 1 aromatic carbocycles. The van der Waals surface area contributed by atoms with Crippen molar-refractivity contribution in [2.75, 3.05) is 26.7 Å². The molecule has 0 aliphatic heterocycles. The Labute approximate surface area is 117 Å². The first-order valence-corrected chi connectivity index (χ1v) is 7.02. The smallest absolute Gasteiger partial charge is 0.120 e. The molecule has 0 aliphatic rings. The fraction of sp³-hybridized carbons (Fsp3) is 0.538. The number of hydrogen-bond donors (Lipinski definition) is 0. The van der Waals surface area contributed by atoms with Gasteiger partial charge in [-0.05, 0) is 45.1 Å². The Morgan fingerprint density at radius 3 is 2.82 bits per heavy atom. The Kier molecular flexibility index (Phi) is 6.93. The van der Waals surface area contributed by atoms with Crippen LogP contribution in [0.4, 0.5) is 0 Å². The summed E-state index contributed by atoms with van der Waals surface area (Å²) in [5, 5.41) is 0.239. The number of rotatable bonds is 7. The van der Waals surface area contributed by atoms with Crippen molar-refractivity contribution >= 4 is 27.5 Å². The van der Waals surface area contributed by atoms with Gasteiger partial charge in [-0.2, -0.15) is 0 Å². The Morgan fingerprint density at radius 1 is 1.41 bits per heavy atom. The van der Waals surface area contributed by atoms with Gasteiger partial charge in [-0.1, -0.05) is 22.0 Å². The van der Waals surface area contributed by atoms with Crippen LogP contribution in [0.3, 0.4) is 0 Å². The molecule has 4 heteroatoms. The lowest BCUT2D eigenvalue weighted by atomic mass is 10.3. The highest BCUT2D eigenvalue weighted by Gasteiger charge is 2.02. The SMILES string of the molecule is CC(Cl)CCN(C)CCOc1cccc(Br)c1. The molecule has 1 rings (SSSR count). The number of ether oxygens (including phenoxy) is 1. The molecular weight excluding hydrogens is 302 g/mol. The van der Waals surface area contributed by atoms with E-state index in [4.69, 9.17) is 16.3 Å². The molecule has 1 aromatic rings. The van der Waals surface area contributed by atoms with Gasteiger partial charge >= 0.3 is 0 Å².